The van der Waals surface area contributed by atoms with Crippen molar-refractivity contribution in [3.8, 4) is 5.75 Å². The smallest absolute Gasteiger partial charge is 0.264 e. The number of nitrogens with zero attached hydrogens (tertiary/aromatic N) is 1. The van der Waals surface area contributed by atoms with Crippen molar-refractivity contribution in [3.05, 3.63) is 22.3 Å². The van der Waals surface area contributed by atoms with Crippen LogP contribution in [0.1, 0.15) is 49.9 Å². The van der Waals surface area contributed by atoms with E-state index >= 15 is 0 Å². The molecule has 0 saturated carbocycles. The summed E-state index contributed by atoms with van der Waals surface area (Å²) in [5.74, 6) is 0.671. The molecule has 2 rings (SSSR count). The van der Waals surface area contributed by atoms with Crippen molar-refractivity contribution in [2.45, 2.75) is 65.4 Å². The number of nitrogens with one attached hydrogen (secondary N) is 1. The Morgan fingerprint density at radius 2 is 1.71 bits per heavy atom. The maximum absolute atomic E-state index is 12.6. The van der Waals surface area contributed by atoms with Gasteiger partial charge in [-0.2, -0.15) is 0 Å². The van der Waals surface area contributed by atoms with Gasteiger partial charge in [0, 0.05) is 19.0 Å². The van der Waals surface area contributed by atoms with Crippen LogP contribution in [0.4, 0.5) is 0 Å². The number of rotatable bonds is 2. The molecule has 0 radical (unpaired) electrons. The molecule has 0 bridgehead atoms. The van der Waals surface area contributed by atoms with Gasteiger partial charge in [-0.05, 0) is 51.3 Å². The van der Waals surface area contributed by atoms with E-state index in [9.17, 15) is 8.42 Å². The van der Waals surface area contributed by atoms with Crippen LogP contribution in [0.15, 0.2) is 9.89 Å². The van der Waals surface area contributed by atoms with Gasteiger partial charge >= 0.3 is 0 Å². The number of aliphatic imine (C=N–C) groups is 1. The summed E-state index contributed by atoms with van der Waals surface area (Å²) in [5, 5.41) is 0. The summed E-state index contributed by atoms with van der Waals surface area (Å²) in [6, 6.07) is 0. The summed E-state index contributed by atoms with van der Waals surface area (Å²) in [6.45, 7) is 13.5. The largest absolute Gasteiger partial charge is 0.487 e. The minimum Gasteiger partial charge on any atom is -0.487 e. The predicted molar refractivity (Wildman–Crippen MR) is 98.3 cm³/mol. The Labute approximate surface area is 145 Å². The van der Waals surface area contributed by atoms with Crippen LogP contribution in [0, 0.1) is 20.8 Å². The van der Waals surface area contributed by atoms with Gasteiger partial charge in [-0.3, -0.25) is 4.99 Å². The van der Waals surface area contributed by atoms with E-state index in [1.54, 1.807) is 6.92 Å². The SMILES string of the molecule is CC.CN=C(N)NS(=O)(=O)c1c(C)c(C)c2c(c1C)CC(C)(C)O2. The predicted octanol–water partition coefficient (Wildman–Crippen LogP) is 2.57. The zero-order valence-electron chi connectivity index (χ0n) is 15.9. The van der Waals surface area contributed by atoms with Crippen LogP contribution >= 0.6 is 0 Å². The van der Waals surface area contributed by atoms with Crippen molar-refractivity contribution in [2.75, 3.05) is 7.05 Å². The van der Waals surface area contributed by atoms with Crippen LogP contribution in [-0.2, 0) is 16.4 Å². The third-order valence-corrected chi connectivity index (χ3v) is 5.67. The molecule has 1 heterocycles. The highest BCUT2D eigenvalue weighted by atomic mass is 32.2. The zero-order chi connectivity index (χ0) is 18.9. The lowest BCUT2D eigenvalue weighted by molar-refractivity contribution is 0.137. The molecule has 1 aliphatic heterocycles. The van der Waals surface area contributed by atoms with Gasteiger partial charge in [0.15, 0.2) is 0 Å². The quantitative estimate of drug-likeness (QED) is 0.630. The van der Waals surface area contributed by atoms with E-state index in [2.05, 4.69) is 9.71 Å². The number of benzene rings is 1. The molecular formula is C17H29N3O3S. The fourth-order valence-electron chi connectivity index (χ4n) is 2.88. The Morgan fingerprint density at radius 1 is 1.17 bits per heavy atom. The van der Waals surface area contributed by atoms with Crippen LogP contribution in [0.3, 0.4) is 0 Å². The maximum Gasteiger partial charge on any atom is 0.264 e. The molecule has 1 aromatic carbocycles. The van der Waals surface area contributed by atoms with E-state index in [0.29, 0.717) is 17.5 Å². The average molecular weight is 356 g/mol. The van der Waals surface area contributed by atoms with Gasteiger partial charge in [-0.25, -0.2) is 13.1 Å². The van der Waals surface area contributed by atoms with Gasteiger partial charge in [0.1, 0.15) is 11.4 Å². The molecule has 7 heteroatoms. The van der Waals surface area contributed by atoms with Crippen molar-refractivity contribution in [1.29, 1.82) is 0 Å². The van der Waals surface area contributed by atoms with Crippen LogP contribution in [0.5, 0.6) is 5.75 Å². The molecule has 24 heavy (non-hydrogen) atoms. The fourth-order valence-corrected chi connectivity index (χ4v) is 4.43. The first-order chi connectivity index (χ1) is 11.0. The highest BCUT2D eigenvalue weighted by molar-refractivity contribution is 7.90. The van der Waals surface area contributed by atoms with E-state index in [-0.39, 0.29) is 16.5 Å². The van der Waals surface area contributed by atoms with Crippen molar-refractivity contribution < 1.29 is 13.2 Å². The van der Waals surface area contributed by atoms with E-state index in [1.807, 2.05) is 41.5 Å². The topological polar surface area (TPSA) is 93.8 Å². The van der Waals surface area contributed by atoms with Gasteiger partial charge in [0.25, 0.3) is 10.0 Å². The number of hydrogen-bond donors (Lipinski definition) is 2. The Balaban J connectivity index is 0.00000139. The summed E-state index contributed by atoms with van der Waals surface area (Å²) >= 11 is 0. The normalized spacial score (nSPS) is 15.9. The van der Waals surface area contributed by atoms with Crippen LogP contribution < -0.4 is 15.2 Å². The van der Waals surface area contributed by atoms with Gasteiger partial charge < -0.3 is 10.5 Å². The number of guanidine groups is 1. The lowest BCUT2D eigenvalue weighted by Crippen LogP contribution is -2.37. The second kappa shape index (κ2) is 7.01. The lowest BCUT2D eigenvalue weighted by atomic mass is 9.94. The molecule has 6 nitrogen and oxygen atoms in total. The van der Waals surface area contributed by atoms with Gasteiger partial charge in [0.05, 0.1) is 4.90 Å². The Hall–Kier alpha value is -1.76. The van der Waals surface area contributed by atoms with Crippen molar-refractivity contribution in [3.63, 3.8) is 0 Å². The van der Waals surface area contributed by atoms with E-state index < -0.39 is 10.0 Å². The molecule has 1 aliphatic rings. The molecule has 0 saturated heterocycles. The number of sulfonamides is 1. The molecule has 136 valence electrons. The molecule has 0 aromatic heterocycles. The Kier molecular flexibility index (Phi) is 5.92. The summed E-state index contributed by atoms with van der Waals surface area (Å²) in [7, 11) is -2.34. The molecular weight excluding hydrogens is 326 g/mol. The summed E-state index contributed by atoms with van der Waals surface area (Å²) < 4.78 is 33.6. The monoisotopic (exact) mass is 355 g/mol. The molecule has 0 atom stereocenters. The molecule has 0 unspecified atom stereocenters. The van der Waals surface area contributed by atoms with Crippen LogP contribution in [0.2, 0.25) is 0 Å². The van der Waals surface area contributed by atoms with Crippen LogP contribution in [0.25, 0.3) is 0 Å². The third kappa shape index (κ3) is 3.66. The molecule has 0 fully saturated rings. The standard InChI is InChI=1S/C15H23N3O3S.C2H6/c1-8-9(2)13(22(19,20)18-14(16)17-6)10(3)11-7-15(4,5)21-12(8)11;1-2/h7H2,1-6H3,(H3,16,17,18);1-2H3. The molecule has 1 aromatic rings. The molecule has 3 N–H and O–H groups in total. The number of hydrogen-bond acceptors (Lipinski definition) is 4. The molecule has 0 aliphatic carbocycles. The maximum atomic E-state index is 12.6. The molecule has 0 spiro atoms. The minimum absolute atomic E-state index is 0.131. The summed E-state index contributed by atoms with van der Waals surface area (Å²) in [6.07, 6.45) is 0.676. The first kappa shape index (κ1) is 20.3. The second-order valence-electron chi connectivity index (χ2n) is 6.26. The van der Waals surface area contributed by atoms with Crippen LogP contribution in [-0.4, -0.2) is 27.0 Å². The minimum atomic E-state index is -3.78. The first-order valence-corrected chi connectivity index (χ1v) is 9.55. The van der Waals surface area contributed by atoms with Gasteiger partial charge in [-0.1, -0.05) is 13.8 Å². The van der Waals surface area contributed by atoms with Crippen molar-refractivity contribution in [2.24, 2.45) is 10.7 Å². The highest BCUT2D eigenvalue weighted by Gasteiger charge is 2.36. The second-order valence-corrected chi connectivity index (χ2v) is 7.88. The first-order valence-electron chi connectivity index (χ1n) is 8.07. The van der Waals surface area contributed by atoms with E-state index in [1.165, 1.54) is 7.05 Å². The number of ether oxygens (including phenoxy) is 1. The lowest BCUT2D eigenvalue weighted by Gasteiger charge is -2.19. The zero-order valence-corrected chi connectivity index (χ0v) is 16.7. The third-order valence-electron chi connectivity index (χ3n) is 4.04. The van der Waals surface area contributed by atoms with E-state index in [4.69, 9.17) is 10.5 Å². The Morgan fingerprint density at radius 3 is 2.21 bits per heavy atom. The summed E-state index contributed by atoms with van der Waals surface area (Å²) in [4.78, 5) is 3.92. The highest BCUT2D eigenvalue weighted by Crippen LogP contribution is 2.43. The van der Waals surface area contributed by atoms with E-state index in [0.717, 1.165) is 16.9 Å². The Bertz CT molecular complexity index is 766. The molecule has 0 amide bonds. The number of nitrogens with two attached hydrogens (primary N) is 1. The average Bonchev–Trinajstić information content (AvgIpc) is 2.82. The summed E-state index contributed by atoms with van der Waals surface area (Å²) in [5.41, 5.74) is 8.37. The fraction of sp³-hybridized carbons (Fsp3) is 0.588. The van der Waals surface area contributed by atoms with Crippen molar-refractivity contribution in [1.82, 2.24) is 4.72 Å². The van der Waals surface area contributed by atoms with Crippen molar-refractivity contribution >= 4 is 16.0 Å². The van der Waals surface area contributed by atoms with Gasteiger partial charge in [0.2, 0.25) is 5.96 Å². The number of fused-ring (bicyclic) bond motifs is 1. The van der Waals surface area contributed by atoms with Gasteiger partial charge in [-0.15, -0.1) is 0 Å².